The van der Waals surface area contributed by atoms with Crippen LogP contribution in [0.15, 0.2) is 36.0 Å². The second-order valence-electron chi connectivity index (χ2n) is 2.67. The fourth-order valence-corrected chi connectivity index (χ4v) is 1.34. The van der Waals surface area contributed by atoms with Crippen LogP contribution in [0.25, 0.3) is 0 Å². The monoisotopic (exact) mass is 149 g/mol. The first-order chi connectivity index (χ1) is 5.38. The van der Waals surface area contributed by atoms with E-state index in [2.05, 4.69) is 31.0 Å². The van der Waals surface area contributed by atoms with E-state index in [1.54, 1.807) is 0 Å². The van der Waals surface area contributed by atoms with Crippen LogP contribution in [-0.2, 0) is 0 Å². The SMILES string of the molecule is C=C/C=C1/CCNC/C1=C/C. The molecule has 0 atom stereocenters. The second-order valence-corrected chi connectivity index (χ2v) is 2.67. The van der Waals surface area contributed by atoms with Crippen LogP contribution in [-0.4, -0.2) is 13.1 Å². The molecule has 60 valence electrons. The molecule has 0 spiro atoms. The molecule has 0 bridgehead atoms. The number of hydrogen-bond acceptors (Lipinski definition) is 1. The molecule has 0 aliphatic carbocycles. The first-order valence-corrected chi connectivity index (χ1v) is 4.06. The molecule has 0 aromatic rings. The molecule has 11 heavy (non-hydrogen) atoms. The molecule has 1 aliphatic heterocycles. The van der Waals surface area contributed by atoms with Crippen molar-refractivity contribution >= 4 is 0 Å². The molecule has 0 amide bonds. The summed E-state index contributed by atoms with van der Waals surface area (Å²) in [6.07, 6.45) is 7.27. The molecular weight excluding hydrogens is 134 g/mol. The van der Waals surface area contributed by atoms with E-state index in [1.165, 1.54) is 11.1 Å². The van der Waals surface area contributed by atoms with Gasteiger partial charge in [-0.15, -0.1) is 0 Å². The third-order valence-electron chi connectivity index (χ3n) is 1.97. The highest BCUT2D eigenvalue weighted by Gasteiger charge is 2.07. The fraction of sp³-hybridized carbons (Fsp3) is 0.400. The Kier molecular flexibility index (Phi) is 3.12. The lowest BCUT2D eigenvalue weighted by molar-refractivity contribution is 0.682. The summed E-state index contributed by atoms with van der Waals surface area (Å²) in [5.74, 6) is 0. The summed E-state index contributed by atoms with van der Waals surface area (Å²) in [6, 6.07) is 0. The van der Waals surface area contributed by atoms with Crippen molar-refractivity contribution in [1.82, 2.24) is 5.32 Å². The van der Waals surface area contributed by atoms with Gasteiger partial charge in [-0.05, 0) is 31.0 Å². The summed E-state index contributed by atoms with van der Waals surface area (Å²) in [7, 11) is 0. The normalized spacial score (nSPS) is 25.9. The van der Waals surface area contributed by atoms with Gasteiger partial charge in [0, 0.05) is 6.54 Å². The molecule has 1 heterocycles. The van der Waals surface area contributed by atoms with Crippen molar-refractivity contribution in [3.8, 4) is 0 Å². The standard InChI is InChI=1S/C10H15N/c1-3-5-10-6-7-11-8-9(10)4-2/h3-5,11H,1,6-8H2,2H3/b9-4-,10-5-. The molecule has 1 aliphatic rings. The van der Waals surface area contributed by atoms with Gasteiger partial charge in [-0.25, -0.2) is 0 Å². The number of hydrogen-bond donors (Lipinski definition) is 1. The second kappa shape index (κ2) is 4.14. The Balaban J connectivity index is 2.74. The topological polar surface area (TPSA) is 12.0 Å². The van der Waals surface area contributed by atoms with Crippen LogP contribution >= 0.6 is 0 Å². The first kappa shape index (κ1) is 8.28. The highest BCUT2D eigenvalue weighted by atomic mass is 14.9. The summed E-state index contributed by atoms with van der Waals surface area (Å²) in [6.45, 7) is 7.89. The minimum absolute atomic E-state index is 1.01. The van der Waals surface area contributed by atoms with Crippen molar-refractivity contribution in [2.24, 2.45) is 0 Å². The number of allylic oxidation sites excluding steroid dienone is 3. The molecule has 0 aromatic heterocycles. The molecule has 1 saturated heterocycles. The zero-order valence-electron chi connectivity index (χ0n) is 7.06. The highest BCUT2D eigenvalue weighted by Crippen LogP contribution is 2.16. The summed E-state index contributed by atoms with van der Waals surface area (Å²) in [4.78, 5) is 0. The van der Waals surface area contributed by atoms with Crippen molar-refractivity contribution < 1.29 is 0 Å². The van der Waals surface area contributed by atoms with E-state index < -0.39 is 0 Å². The molecule has 0 radical (unpaired) electrons. The molecule has 1 rings (SSSR count). The predicted octanol–water partition coefficient (Wildman–Crippen LogP) is 2.04. The maximum Gasteiger partial charge on any atom is 0.0205 e. The zero-order chi connectivity index (χ0) is 8.10. The van der Waals surface area contributed by atoms with Gasteiger partial charge < -0.3 is 5.32 Å². The Labute approximate surface area is 68.5 Å². The highest BCUT2D eigenvalue weighted by molar-refractivity contribution is 5.35. The van der Waals surface area contributed by atoms with E-state index in [9.17, 15) is 0 Å². The fourth-order valence-electron chi connectivity index (χ4n) is 1.34. The Morgan fingerprint density at radius 1 is 1.45 bits per heavy atom. The Bertz CT molecular complexity index is 199. The van der Waals surface area contributed by atoms with Gasteiger partial charge in [0.15, 0.2) is 0 Å². The average molecular weight is 149 g/mol. The Morgan fingerprint density at radius 3 is 2.91 bits per heavy atom. The van der Waals surface area contributed by atoms with Crippen LogP contribution in [0.2, 0.25) is 0 Å². The maximum absolute atomic E-state index is 3.70. The lowest BCUT2D eigenvalue weighted by atomic mass is 9.99. The molecule has 1 nitrogen and oxygen atoms in total. The van der Waals surface area contributed by atoms with Gasteiger partial charge in [0.25, 0.3) is 0 Å². The van der Waals surface area contributed by atoms with Gasteiger partial charge >= 0.3 is 0 Å². The van der Waals surface area contributed by atoms with Gasteiger partial charge in [-0.3, -0.25) is 0 Å². The lowest BCUT2D eigenvalue weighted by Crippen LogP contribution is -2.25. The van der Waals surface area contributed by atoms with Crippen LogP contribution in [0.3, 0.4) is 0 Å². The van der Waals surface area contributed by atoms with Gasteiger partial charge in [0.2, 0.25) is 0 Å². The predicted molar refractivity (Wildman–Crippen MR) is 49.5 cm³/mol. The van der Waals surface area contributed by atoms with E-state index in [-0.39, 0.29) is 0 Å². The molecule has 1 fully saturated rings. The van der Waals surface area contributed by atoms with Crippen LogP contribution in [0.5, 0.6) is 0 Å². The van der Waals surface area contributed by atoms with E-state index in [4.69, 9.17) is 0 Å². The first-order valence-electron chi connectivity index (χ1n) is 4.06. The van der Waals surface area contributed by atoms with E-state index in [0.29, 0.717) is 0 Å². The van der Waals surface area contributed by atoms with Gasteiger partial charge in [0.1, 0.15) is 0 Å². The van der Waals surface area contributed by atoms with Gasteiger partial charge in [0.05, 0.1) is 0 Å². The summed E-state index contributed by atoms with van der Waals surface area (Å²) in [5.41, 5.74) is 2.84. The lowest BCUT2D eigenvalue weighted by Gasteiger charge is -2.18. The quantitative estimate of drug-likeness (QED) is 0.601. The largest absolute Gasteiger partial charge is 0.312 e. The smallest absolute Gasteiger partial charge is 0.0205 e. The summed E-state index contributed by atoms with van der Waals surface area (Å²) in [5, 5.41) is 3.33. The van der Waals surface area contributed by atoms with E-state index in [1.807, 2.05) is 6.08 Å². The minimum atomic E-state index is 1.01. The van der Waals surface area contributed by atoms with Crippen molar-refractivity contribution in [1.29, 1.82) is 0 Å². The van der Waals surface area contributed by atoms with E-state index >= 15 is 0 Å². The summed E-state index contributed by atoms with van der Waals surface area (Å²) < 4.78 is 0. The molecular formula is C10H15N. The molecule has 1 heteroatoms. The van der Waals surface area contributed by atoms with Crippen LogP contribution < -0.4 is 5.32 Å². The third kappa shape index (κ3) is 2.05. The molecule has 0 aromatic carbocycles. The van der Waals surface area contributed by atoms with E-state index in [0.717, 1.165) is 19.5 Å². The molecule has 1 N–H and O–H groups in total. The third-order valence-corrected chi connectivity index (χ3v) is 1.97. The van der Waals surface area contributed by atoms with Crippen molar-refractivity contribution in [3.05, 3.63) is 36.0 Å². The van der Waals surface area contributed by atoms with Crippen LogP contribution in [0.1, 0.15) is 13.3 Å². The number of rotatable bonds is 1. The minimum Gasteiger partial charge on any atom is -0.312 e. The average Bonchev–Trinajstić information content (AvgIpc) is 2.06. The molecule has 0 unspecified atom stereocenters. The van der Waals surface area contributed by atoms with Crippen molar-refractivity contribution in [2.75, 3.05) is 13.1 Å². The van der Waals surface area contributed by atoms with Crippen molar-refractivity contribution in [3.63, 3.8) is 0 Å². The van der Waals surface area contributed by atoms with Crippen LogP contribution in [0.4, 0.5) is 0 Å². The van der Waals surface area contributed by atoms with Gasteiger partial charge in [-0.2, -0.15) is 0 Å². The van der Waals surface area contributed by atoms with Crippen molar-refractivity contribution in [2.45, 2.75) is 13.3 Å². The maximum atomic E-state index is 3.70. The van der Waals surface area contributed by atoms with Gasteiger partial charge in [-0.1, -0.05) is 24.8 Å². The number of nitrogens with one attached hydrogen (secondary N) is 1. The zero-order valence-corrected chi connectivity index (χ0v) is 7.06. The molecule has 0 saturated carbocycles. The Hall–Kier alpha value is -0.820. The number of piperidine rings is 1. The Morgan fingerprint density at radius 2 is 2.27 bits per heavy atom. The summed E-state index contributed by atoms with van der Waals surface area (Å²) >= 11 is 0. The van der Waals surface area contributed by atoms with Crippen LogP contribution in [0, 0.1) is 0 Å².